The average Bonchev–Trinajstić information content (AvgIpc) is 3.01. The van der Waals surface area contributed by atoms with Crippen molar-refractivity contribution in [2.24, 2.45) is 10.1 Å². The Bertz CT molecular complexity index is 1060. The van der Waals surface area contributed by atoms with Crippen LogP contribution in [0.4, 0.5) is 4.39 Å². The fraction of sp³-hybridized carbons (Fsp3) is 0.238. The Kier molecular flexibility index (Phi) is 5.92. The minimum absolute atomic E-state index is 0.267. The molecule has 0 saturated heterocycles. The lowest BCUT2D eigenvalue weighted by molar-refractivity contribution is 0.625. The van der Waals surface area contributed by atoms with Crippen LogP contribution < -0.4 is 4.80 Å². The maximum absolute atomic E-state index is 14.1. The highest BCUT2D eigenvalue weighted by molar-refractivity contribution is 7.07. The second-order valence-electron chi connectivity index (χ2n) is 6.32. The number of aryl methyl sites for hydroxylation is 3. The zero-order valence-electron chi connectivity index (χ0n) is 15.8. The molecule has 1 heterocycles. The van der Waals surface area contributed by atoms with Crippen LogP contribution in [0, 0.1) is 26.6 Å². The average molecular weight is 402 g/mol. The highest BCUT2D eigenvalue weighted by atomic mass is 35.5. The number of aromatic nitrogens is 1. The molecule has 0 bridgehead atoms. The van der Waals surface area contributed by atoms with Gasteiger partial charge < -0.3 is 0 Å². The van der Waals surface area contributed by atoms with Gasteiger partial charge in [-0.3, -0.25) is 4.99 Å². The molecule has 0 unspecified atom stereocenters. The predicted octanol–water partition coefficient (Wildman–Crippen LogP) is 5.74. The highest BCUT2D eigenvalue weighted by Crippen LogP contribution is 2.27. The maximum Gasteiger partial charge on any atom is 0.206 e. The summed E-state index contributed by atoms with van der Waals surface area (Å²) in [5, 5.41) is 6.89. The molecule has 6 heteroatoms. The molecule has 0 saturated carbocycles. The summed E-state index contributed by atoms with van der Waals surface area (Å²) in [6.45, 7) is 8.89. The quantitative estimate of drug-likeness (QED) is 0.499. The van der Waals surface area contributed by atoms with Gasteiger partial charge in [-0.25, -0.2) is 9.07 Å². The molecule has 2 aromatic carbocycles. The van der Waals surface area contributed by atoms with Crippen molar-refractivity contribution in [2.75, 3.05) is 6.54 Å². The third-order valence-electron chi connectivity index (χ3n) is 4.40. The second-order valence-corrected chi connectivity index (χ2v) is 7.56. The summed E-state index contributed by atoms with van der Waals surface area (Å²) in [6, 6.07) is 8.92. The first kappa shape index (κ1) is 19.5. The first-order valence-corrected chi connectivity index (χ1v) is 9.95. The molecule has 3 nitrogen and oxygen atoms in total. The van der Waals surface area contributed by atoms with E-state index >= 15 is 0 Å². The Hall–Kier alpha value is -2.24. The van der Waals surface area contributed by atoms with Crippen LogP contribution in [-0.4, -0.2) is 17.4 Å². The summed E-state index contributed by atoms with van der Waals surface area (Å²) in [4.78, 5) is 5.28. The summed E-state index contributed by atoms with van der Waals surface area (Å²) in [5.74, 6) is -0.403. The van der Waals surface area contributed by atoms with Crippen molar-refractivity contribution < 1.29 is 4.39 Å². The highest BCUT2D eigenvalue weighted by Gasteiger charge is 2.12. The van der Waals surface area contributed by atoms with E-state index in [0.29, 0.717) is 11.6 Å². The molecule has 3 aromatic rings. The van der Waals surface area contributed by atoms with Crippen LogP contribution in [-0.2, 0) is 0 Å². The molecule has 0 aliphatic rings. The van der Waals surface area contributed by atoms with Crippen LogP contribution in [0.3, 0.4) is 0 Å². The monoisotopic (exact) mass is 401 g/mol. The predicted molar refractivity (Wildman–Crippen MR) is 112 cm³/mol. The number of thiazole rings is 1. The van der Waals surface area contributed by atoms with Gasteiger partial charge in [-0.1, -0.05) is 23.7 Å². The summed E-state index contributed by atoms with van der Waals surface area (Å²) in [5.41, 5.74) is 5.90. The van der Waals surface area contributed by atoms with Crippen molar-refractivity contribution in [3.63, 3.8) is 0 Å². The van der Waals surface area contributed by atoms with Gasteiger partial charge in [0.15, 0.2) is 0 Å². The molecule has 0 atom stereocenters. The van der Waals surface area contributed by atoms with Crippen LogP contribution in [0.2, 0.25) is 5.02 Å². The van der Waals surface area contributed by atoms with Crippen molar-refractivity contribution in [3.05, 3.63) is 73.6 Å². The molecule has 0 aliphatic carbocycles. The molecular weight excluding hydrogens is 381 g/mol. The molecule has 0 N–H and O–H groups in total. The van der Waals surface area contributed by atoms with Gasteiger partial charge >= 0.3 is 0 Å². The minimum atomic E-state index is -0.403. The van der Waals surface area contributed by atoms with Crippen LogP contribution in [0.1, 0.15) is 29.2 Å². The number of nitrogens with zero attached hydrogens (tertiary/aromatic N) is 3. The topological polar surface area (TPSA) is 29.6 Å². The van der Waals surface area contributed by atoms with Gasteiger partial charge in [0, 0.05) is 23.1 Å². The Labute approximate surface area is 167 Å². The second kappa shape index (κ2) is 8.19. The van der Waals surface area contributed by atoms with E-state index in [4.69, 9.17) is 11.6 Å². The number of hydrogen-bond donors (Lipinski definition) is 0. The van der Waals surface area contributed by atoms with Crippen molar-refractivity contribution in [2.45, 2.75) is 27.7 Å². The summed E-state index contributed by atoms with van der Waals surface area (Å²) in [7, 11) is 0. The van der Waals surface area contributed by atoms with Gasteiger partial charge in [0.1, 0.15) is 5.82 Å². The van der Waals surface area contributed by atoms with E-state index in [0.717, 1.165) is 21.6 Å². The van der Waals surface area contributed by atoms with Gasteiger partial charge in [-0.15, -0.1) is 11.3 Å². The Morgan fingerprint density at radius 1 is 1.15 bits per heavy atom. The fourth-order valence-electron chi connectivity index (χ4n) is 2.83. The summed E-state index contributed by atoms with van der Waals surface area (Å²) in [6.07, 6.45) is 1.46. The Morgan fingerprint density at radius 3 is 2.59 bits per heavy atom. The number of benzene rings is 2. The summed E-state index contributed by atoms with van der Waals surface area (Å²) >= 11 is 7.64. The molecule has 0 amide bonds. The summed E-state index contributed by atoms with van der Waals surface area (Å²) < 4.78 is 15.9. The first-order chi connectivity index (χ1) is 12.9. The van der Waals surface area contributed by atoms with Crippen LogP contribution in [0.15, 0.2) is 45.8 Å². The third-order valence-corrected chi connectivity index (χ3v) is 5.58. The smallest absolute Gasteiger partial charge is 0.206 e. The zero-order valence-corrected chi connectivity index (χ0v) is 17.3. The largest absolute Gasteiger partial charge is 0.258 e. The molecule has 1 aromatic heterocycles. The van der Waals surface area contributed by atoms with E-state index in [9.17, 15) is 4.39 Å². The molecule has 140 valence electrons. The van der Waals surface area contributed by atoms with E-state index < -0.39 is 5.82 Å². The van der Waals surface area contributed by atoms with E-state index in [1.807, 2.05) is 12.3 Å². The van der Waals surface area contributed by atoms with Gasteiger partial charge in [0.2, 0.25) is 4.80 Å². The van der Waals surface area contributed by atoms with E-state index in [-0.39, 0.29) is 5.56 Å². The van der Waals surface area contributed by atoms with Crippen molar-refractivity contribution in [1.29, 1.82) is 0 Å². The maximum atomic E-state index is 14.1. The fourth-order valence-corrected chi connectivity index (χ4v) is 3.93. The van der Waals surface area contributed by atoms with E-state index in [1.54, 1.807) is 16.8 Å². The van der Waals surface area contributed by atoms with Crippen molar-refractivity contribution >= 4 is 29.2 Å². The Balaban J connectivity index is 2.18. The first-order valence-electron chi connectivity index (χ1n) is 8.70. The van der Waals surface area contributed by atoms with Crippen molar-refractivity contribution in [1.82, 2.24) is 4.68 Å². The molecule has 0 spiro atoms. The number of halogens is 2. The standard InChI is InChI=1S/C21H21ClFN3S/c1-5-24-21-26(25-11-17-18(22)7-6-8-19(17)23)20(12-27-21)16-10-14(3)13(2)9-15(16)4/h6-12H,5H2,1-4H3. The number of hydrogen-bond acceptors (Lipinski definition) is 3. The SMILES string of the molecule is CCN=c1scc(-c2cc(C)c(C)cc2C)n1N=Cc1c(F)cccc1Cl. The lowest BCUT2D eigenvalue weighted by Crippen LogP contribution is -2.13. The molecule has 3 rings (SSSR count). The molecule has 0 aliphatic heterocycles. The number of rotatable bonds is 4. The normalized spacial score (nSPS) is 12.3. The molecule has 0 fully saturated rings. The lowest BCUT2D eigenvalue weighted by atomic mass is 9.99. The third kappa shape index (κ3) is 4.04. The lowest BCUT2D eigenvalue weighted by Gasteiger charge is -2.10. The van der Waals surface area contributed by atoms with Gasteiger partial charge in [-0.2, -0.15) is 5.10 Å². The van der Waals surface area contributed by atoms with Crippen LogP contribution in [0.5, 0.6) is 0 Å². The van der Waals surface area contributed by atoms with Crippen LogP contribution >= 0.6 is 22.9 Å². The van der Waals surface area contributed by atoms with E-state index in [2.05, 4.69) is 43.0 Å². The molecular formula is C21H21ClFN3S. The molecule has 27 heavy (non-hydrogen) atoms. The Morgan fingerprint density at radius 2 is 1.89 bits per heavy atom. The van der Waals surface area contributed by atoms with Gasteiger partial charge in [0.25, 0.3) is 0 Å². The van der Waals surface area contributed by atoms with Crippen LogP contribution in [0.25, 0.3) is 11.3 Å². The minimum Gasteiger partial charge on any atom is -0.258 e. The van der Waals surface area contributed by atoms with Crippen molar-refractivity contribution in [3.8, 4) is 11.3 Å². The van der Waals surface area contributed by atoms with E-state index in [1.165, 1.54) is 34.7 Å². The van der Waals surface area contributed by atoms with Gasteiger partial charge in [-0.05, 0) is 62.6 Å². The van der Waals surface area contributed by atoms with Gasteiger partial charge in [0.05, 0.1) is 16.9 Å². The zero-order chi connectivity index (χ0) is 19.6. The molecule has 0 radical (unpaired) electrons.